The van der Waals surface area contributed by atoms with Crippen LogP contribution < -0.4 is 0 Å². The fourth-order valence-corrected chi connectivity index (χ4v) is 1.21. The molecule has 1 aromatic carbocycles. The number of nitriles is 2. The zero-order valence-electron chi connectivity index (χ0n) is 7.85. The molecule has 78 valence electrons. The van der Waals surface area contributed by atoms with Gasteiger partial charge in [0.05, 0.1) is 9.96 Å². The minimum atomic E-state index is -0.545. The highest BCUT2D eigenvalue weighted by molar-refractivity contribution is 6.49. The van der Waals surface area contributed by atoms with E-state index in [1.165, 1.54) is 24.3 Å². The minimum Gasteiger partial charge on any atom is -0.258 e. The second-order valence-electron chi connectivity index (χ2n) is 2.72. The van der Waals surface area contributed by atoms with Gasteiger partial charge in [-0.05, 0) is 17.7 Å². The van der Waals surface area contributed by atoms with Crippen LogP contribution in [0.1, 0.15) is 5.56 Å². The summed E-state index contributed by atoms with van der Waals surface area (Å²) in [5.74, 6) is 0. The van der Waals surface area contributed by atoms with Crippen molar-refractivity contribution >= 4 is 22.3 Å². The zero-order chi connectivity index (χ0) is 12.1. The molecule has 0 aliphatic rings. The Balaban J connectivity index is 3.19. The summed E-state index contributed by atoms with van der Waals surface area (Å²) >= 11 is 5.77. The SMILES string of the molecule is N#CC(C#N)=C(Cl)c1ccc([N+](=O)[O-])cc1. The Morgan fingerprint density at radius 1 is 1.25 bits per heavy atom. The van der Waals surface area contributed by atoms with Crippen LogP contribution in [0.15, 0.2) is 29.8 Å². The summed E-state index contributed by atoms with van der Waals surface area (Å²) in [4.78, 5) is 9.84. The highest BCUT2D eigenvalue weighted by Gasteiger charge is 2.09. The summed E-state index contributed by atoms with van der Waals surface area (Å²) in [5.41, 5.74) is 0.0876. The van der Waals surface area contributed by atoms with E-state index in [4.69, 9.17) is 22.1 Å². The van der Waals surface area contributed by atoms with Crippen molar-refractivity contribution in [1.82, 2.24) is 0 Å². The standard InChI is InChI=1S/C10H4ClN3O2/c11-10(8(5-12)6-13)7-1-3-9(4-2-7)14(15)16/h1-4H. The molecule has 0 N–H and O–H groups in total. The molecule has 0 unspecified atom stereocenters. The fraction of sp³-hybridized carbons (Fsp3) is 0. The molecule has 0 aromatic heterocycles. The number of nitro groups is 1. The largest absolute Gasteiger partial charge is 0.269 e. The van der Waals surface area contributed by atoms with E-state index >= 15 is 0 Å². The molecule has 0 spiro atoms. The molecule has 0 atom stereocenters. The zero-order valence-corrected chi connectivity index (χ0v) is 8.60. The average Bonchev–Trinajstić information content (AvgIpc) is 2.30. The third kappa shape index (κ3) is 2.35. The van der Waals surface area contributed by atoms with Crippen molar-refractivity contribution in [3.8, 4) is 12.1 Å². The maximum absolute atomic E-state index is 10.4. The fourth-order valence-electron chi connectivity index (χ4n) is 0.997. The van der Waals surface area contributed by atoms with Gasteiger partial charge in [0.15, 0.2) is 0 Å². The quantitative estimate of drug-likeness (QED) is 0.446. The van der Waals surface area contributed by atoms with Gasteiger partial charge in [0.25, 0.3) is 5.69 Å². The summed E-state index contributed by atoms with van der Waals surface area (Å²) in [7, 11) is 0. The summed E-state index contributed by atoms with van der Waals surface area (Å²) < 4.78 is 0. The first-order valence-corrected chi connectivity index (χ1v) is 4.42. The van der Waals surface area contributed by atoms with E-state index in [-0.39, 0.29) is 16.3 Å². The first kappa shape index (κ1) is 11.7. The Labute approximate surface area is 95.9 Å². The van der Waals surface area contributed by atoms with Crippen molar-refractivity contribution in [3.05, 3.63) is 45.5 Å². The van der Waals surface area contributed by atoms with Crippen molar-refractivity contribution < 1.29 is 4.92 Å². The van der Waals surface area contributed by atoms with Crippen LogP contribution in [-0.2, 0) is 0 Å². The van der Waals surface area contributed by atoms with Gasteiger partial charge in [-0.1, -0.05) is 11.6 Å². The lowest BCUT2D eigenvalue weighted by molar-refractivity contribution is -0.384. The van der Waals surface area contributed by atoms with E-state index in [1.54, 1.807) is 12.1 Å². The number of hydrogen-bond acceptors (Lipinski definition) is 4. The predicted molar refractivity (Wildman–Crippen MR) is 57.1 cm³/mol. The van der Waals surface area contributed by atoms with E-state index in [1.807, 2.05) is 0 Å². The Hall–Kier alpha value is -2.37. The average molecular weight is 234 g/mol. The molecular formula is C10H4ClN3O2. The molecule has 16 heavy (non-hydrogen) atoms. The number of nitro benzene ring substituents is 1. The number of rotatable bonds is 2. The van der Waals surface area contributed by atoms with Crippen LogP contribution in [0.5, 0.6) is 0 Å². The Kier molecular flexibility index (Phi) is 3.60. The van der Waals surface area contributed by atoms with E-state index in [2.05, 4.69) is 0 Å². The van der Waals surface area contributed by atoms with Crippen LogP contribution in [0.2, 0.25) is 0 Å². The molecule has 0 radical (unpaired) electrons. The summed E-state index contributed by atoms with van der Waals surface area (Å²) in [6.45, 7) is 0. The van der Waals surface area contributed by atoms with Crippen LogP contribution >= 0.6 is 11.6 Å². The lowest BCUT2D eigenvalue weighted by Crippen LogP contribution is -1.88. The van der Waals surface area contributed by atoms with Gasteiger partial charge >= 0.3 is 0 Å². The van der Waals surface area contributed by atoms with Crippen molar-refractivity contribution in [2.75, 3.05) is 0 Å². The van der Waals surface area contributed by atoms with Crippen molar-refractivity contribution in [3.63, 3.8) is 0 Å². The van der Waals surface area contributed by atoms with Gasteiger partial charge in [-0.3, -0.25) is 10.1 Å². The van der Waals surface area contributed by atoms with Gasteiger partial charge in [0.1, 0.15) is 17.7 Å². The van der Waals surface area contributed by atoms with E-state index in [9.17, 15) is 10.1 Å². The maximum atomic E-state index is 10.4. The number of non-ortho nitro benzene ring substituents is 1. The molecule has 0 bridgehead atoms. The van der Waals surface area contributed by atoms with Crippen molar-refractivity contribution in [1.29, 1.82) is 10.5 Å². The summed E-state index contributed by atoms with van der Waals surface area (Å²) in [6, 6.07) is 8.56. The highest BCUT2D eigenvalue weighted by atomic mass is 35.5. The molecule has 1 aromatic rings. The minimum absolute atomic E-state index is 0.0140. The monoisotopic (exact) mass is 233 g/mol. The highest BCUT2D eigenvalue weighted by Crippen LogP contribution is 2.24. The molecular weight excluding hydrogens is 230 g/mol. The van der Waals surface area contributed by atoms with Gasteiger partial charge in [-0.15, -0.1) is 0 Å². The van der Waals surface area contributed by atoms with Crippen LogP contribution in [0, 0.1) is 32.8 Å². The molecule has 5 nitrogen and oxygen atoms in total. The van der Waals surface area contributed by atoms with E-state index < -0.39 is 4.92 Å². The van der Waals surface area contributed by atoms with Crippen LogP contribution in [0.25, 0.3) is 5.03 Å². The van der Waals surface area contributed by atoms with Crippen LogP contribution in [-0.4, -0.2) is 4.92 Å². The smallest absolute Gasteiger partial charge is 0.258 e. The molecule has 0 fully saturated rings. The van der Waals surface area contributed by atoms with Gasteiger partial charge in [0.2, 0.25) is 0 Å². The lowest BCUT2D eigenvalue weighted by Gasteiger charge is -1.98. The Morgan fingerprint density at radius 2 is 1.75 bits per heavy atom. The van der Waals surface area contributed by atoms with Crippen LogP contribution in [0.4, 0.5) is 5.69 Å². The number of hydrogen-bond donors (Lipinski definition) is 0. The molecule has 6 heteroatoms. The Bertz CT molecular complexity index is 519. The third-order valence-electron chi connectivity index (χ3n) is 1.77. The Morgan fingerprint density at radius 3 is 2.12 bits per heavy atom. The second-order valence-corrected chi connectivity index (χ2v) is 3.09. The van der Waals surface area contributed by atoms with Crippen molar-refractivity contribution in [2.24, 2.45) is 0 Å². The lowest BCUT2D eigenvalue weighted by atomic mass is 10.1. The summed E-state index contributed by atoms with van der Waals surface area (Å²) in [6.07, 6.45) is 0. The molecule has 0 aliphatic carbocycles. The molecule has 0 amide bonds. The predicted octanol–water partition coefficient (Wildman–Crippen LogP) is 2.59. The molecule has 1 rings (SSSR count). The number of nitrogens with zero attached hydrogens (tertiary/aromatic N) is 3. The second kappa shape index (κ2) is 4.92. The normalized spacial score (nSPS) is 8.69. The third-order valence-corrected chi connectivity index (χ3v) is 2.18. The molecule has 0 aliphatic heterocycles. The van der Waals surface area contributed by atoms with Crippen LogP contribution in [0.3, 0.4) is 0 Å². The van der Waals surface area contributed by atoms with E-state index in [0.717, 1.165) is 0 Å². The number of benzene rings is 1. The first-order chi connectivity index (χ1) is 7.60. The molecule has 0 saturated carbocycles. The topological polar surface area (TPSA) is 90.7 Å². The molecule has 0 saturated heterocycles. The van der Waals surface area contributed by atoms with Gasteiger partial charge in [0, 0.05) is 12.1 Å². The summed E-state index contributed by atoms with van der Waals surface area (Å²) in [5, 5.41) is 27.5. The van der Waals surface area contributed by atoms with E-state index in [0.29, 0.717) is 5.56 Å². The number of halogens is 1. The van der Waals surface area contributed by atoms with Crippen molar-refractivity contribution in [2.45, 2.75) is 0 Å². The molecule has 0 heterocycles. The maximum Gasteiger partial charge on any atom is 0.269 e. The number of allylic oxidation sites excluding steroid dienone is 1. The van der Waals surface area contributed by atoms with Gasteiger partial charge in [-0.25, -0.2) is 0 Å². The van der Waals surface area contributed by atoms with Gasteiger partial charge < -0.3 is 0 Å². The first-order valence-electron chi connectivity index (χ1n) is 4.05. The van der Waals surface area contributed by atoms with Gasteiger partial charge in [-0.2, -0.15) is 10.5 Å².